The van der Waals surface area contributed by atoms with E-state index in [-0.39, 0.29) is 11.7 Å². The Kier molecular flexibility index (Phi) is 6.68. The number of methoxy groups -OCH3 is 1. The number of ether oxygens (including phenoxy) is 1. The van der Waals surface area contributed by atoms with Gasteiger partial charge in [0.2, 0.25) is 0 Å². The van der Waals surface area contributed by atoms with E-state index >= 15 is 0 Å². The first-order valence-corrected chi connectivity index (χ1v) is 7.10. The van der Waals surface area contributed by atoms with E-state index in [4.69, 9.17) is 4.74 Å². The first-order valence-electron chi connectivity index (χ1n) is 7.10. The topological polar surface area (TPSA) is 41.6 Å². The molecule has 1 N–H and O–H groups in total. The van der Waals surface area contributed by atoms with Crippen molar-refractivity contribution in [3.63, 3.8) is 0 Å². The number of Topliss-reactive ketones (excluding diaryl/α,β-unsaturated/α-hetero) is 1. The molecule has 0 fully saturated rings. The molecule has 1 rings (SSSR count). The first-order chi connectivity index (χ1) is 9.53. The lowest BCUT2D eigenvalue weighted by molar-refractivity contribution is -0.120. The minimum Gasteiger partial charge on any atom is -0.497 e. The average Bonchev–Trinajstić information content (AvgIpc) is 2.48. The zero-order valence-corrected chi connectivity index (χ0v) is 13.1. The molecule has 0 aromatic heterocycles. The summed E-state index contributed by atoms with van der Waals surface area (Å²) in [4.78, 5) is 12.4. The maximum absolute atomic E-state index is 12.4. The van der Waals surface area contributed by atoms with Crippen LogP contribution in [0.15, 0.2) is 24.3 Å². The van der Waals surface area contributed by atoms with Crippen LogP contribution in [-0.2, 0) is 4.79 Å². The molecule has 0 aliphatic rings. The quantitative estimate of drug-likeness (QED) is 0.742. The Bertz CT molecular complexity index is 428. The van der Waals surface area contributed by atoms with Crippen LogP contribution in [0.2, 0.25) is 0 Å². The van der Waals surface area contributed by atoms with Gasteiger partial charge >= 0.3 is 0 Å². The van der Waals surface area contributed by atoms with Crippen molar-refractivity contribution in [1.82, 2.24) is 10.4 Å². The molecule has 0 heterocycles. The molecule has 1 aromatic carbocycles. The van der Waals surface area contributed by atoms with Crippen molar-refractivity contribution in [2.24, 2.45) is 5.92 Å². The molecule has 0 aliphatic carbocycles. The number of ketones is 1. The second-order valence-electron chi connectivity index (χ2n) is 4.91. The second-order valence-corrected chi connectivity index (χ2v) is 4.91. The van der Waals surface area contributed by atoms with Gasteiger partial charge in [-0.05, 0) is 17.7 Å². The van der Waals surface area contributed by atoms with E-state index < -0.39 is 0 Å². The summed E-state index contributed by atoms with van der Waals surface area (Å²) in [5.74, 6) is 0.794. The zero-order chi connectivity index (χ0) is 15.1. The molecule has 1 aromatic rings. The maximum atomic E-state index is 12.4. The molecule has 0 spiro atoms. The number of carbonyl (C=O) groups is 1. The summed E-state index contributed by atoms with van der Waals surface area (Å²) in [6.07, 6.45) is 0. The highest BCUT2D eigenvalue weighted by Gasteiger charge is 2.26. The van der Waals surface area contributed by atoms with E-state index in [1.165, 1.54) is 0 Å². The monoisotopic (exact) mass is 277 g/mol. The van der Waals surface area contributed by atoms with Gasteiger partial charge in [0.15, 0.2) is 5.78 Å². The van der Waals surface area contributed by atoms with Gasteiger partial charge < -0.3 is 4.74 Å². The molecule has 4 nitrogen and oxygen atoms in total. The third-order valence-corrected chi connectivity index (χ3v) is 3.16. The second kappa shape index (κ2) is 8.02. The summed E-state index contributed by atoms with van der Waals surface area (Å²) in [7, 11) is 1.63. The third-order valence-electron chi connectivity index (χ3n) is 3.16. The Balaban J connectivity index is 3.05. The SMILES string of the molecule is CCN(CC)N[C](C(=O)C(C)C)c1cccc(OC)c1. The van der Waals surface area contributed by atoms with Crippen LogP contribution < -0.4 is 10.2 Å². The van der Waals surface area contributed by atoms with Gasteiger partial charge in [0.25, 0.3) is 0 Å². The number of hydrogen-bond acceptors (Lipinski definition) is 4. The number of carbonyl (C=O) groups excluding carboxylic acids is 1. The zero-order valence-electron chi connectivity index (χ0n) is 13.1. The van der Waals surface area contributed by atoms with Crippen molar-refractivity contribution in [2.75, 3.05) is 20.2 Å². The van der Waals surface area contributed by atoms with Crippen molar-refractivity contribution < 1.29 is 9.53 Å². The average molecular weight is 277 g/mol. The van der Waals surface area contributed by atoms with Crippen molar-refractivity contribution in [1.29, 1.82) is 0 Å². The van der Waals surface area contributed by atoms with Crippen LogP contribution in [0.3, 0.4) is 0 Å². The molecular formula is C16H25N2O2. The lowest BCUT2D eigenvalue weighted by Crippen LogP contribution is -2.44. The van der Waals surface area contributed by atoms with Crippen LogP contribution in [0.5, 0.6) is 5.75 Å². The normalized spacial score (nSPS) is 11.4. The largest absolute Gasteiger partial charge is 0.497 e. The summed E-state index contributed by atoms with van der Waals surface area (Å²) in [5.41, 5.74) is 4.10. The van der Waals surface area contributed by atoms with Crippen LogP contribution in [0, 0.1) is 12.0 Å². The van der Waals surface area contributed by atoms with Crippen molar-refractivity contribution in [3.05, 3.63) is 35.9 Å². The molecule has 0 unspecified atom stereocenters. The van der Waals surface area contributed by atoms with Crippen molar-refractivity contribution in [2.45, 2.75) is 27.7 Å². The minimum absolute atomic E-state index is 0.0562. The lowest BCUT2D eigenvalue weighted by Gasteiger charge is -2.27. The summed E-state index contributed by atoms with van der Waals surface area (Å²) < 4.78 is 5.24. The number of hydrazine groups is 1. The highest BCUT2D eigenvalue weighted by atomic mass is 16.5. The van der Waals surface area contributed by atoms with Gasteiger partial charge in [0.05, 0.1) is 7.11 Å². The molecule has 0 atom stereocenters. The number of benzene rings is 1. The molecule has 4 heteroatoms. The summed E-state index contributed by atoms with van der Waals surface area (Å²) in [5, 5.41) is 2.01. The van der Waals surface area contributed by atoms with Crippen molar-refractivity contribution >= 4 is 5.78 Å². The maximum Gasteiger partial charge on any atom is 0.163 e. The standard InChI is InChI=1S/C16H25N2O2/c1-6-18(7-2)17-15(16(19)12(3)4)13-9-8-10-14(11-13)20-5/h8-12,17H,6-7H2,1-5H3. The van der Waals surface area contributed by atoms with Crippen molar-refractivity contribution in [3.8, 4) is 5.75 Å². The number of hydrogen-bond donors (Lipinski definition) is 1. The van der Waals surface area contributed by atoms with Gasteiger partial charge in [0.1, 0.15) is 11.8 Å². The molecule has 0 aliphatic heterocycles. The molecule has 1 radical (unpaired) electrons. The van der Waals surface area contributed by atoms with Gasteiger partial charge in [-0.15, -0.1) is 0 Å². The third kappa shape index (κ3) is 4.32. The molecule has 20 heavy (non-hydrogen) atoms. The summed E-state index contributed by atoms with van der Waals surface area (Å²) >= 11 is 0. The fourth-order valence-electron chi connectivity index (χ4n) is 1.87. The van der Waals surface area contributed by atoms with E-state index in [0.717, 1.165) is 24.4 Å². The fourth-order valence-corrected chi connectivity index (χ4v) is 1.87. The predicted molar refractivity (Wildman–Crippen MR) is 81.2 cm³/mol. The molecule has 111 valence electrons. The molecular weight excluding hydrogens is 252 g/mol. The summed E-state index contributed by atoms with van der Waals surface area (Å²) in [6, 6.07) is 8.20. The number of rotatable bonds is 8. The Labute approximate surface area is 122 Å². The van der Waals surface area contributed by atoms with Crippen LogP contribution in [0.25, 0.3) is 0 Å². The summed E-state index contributed by atoms with van der Waals surface area (Å²) in [6.45, 7) is 9.59. The van der Waals surface area contributed by atoms with Gasteiger partial charge in [-0.1, -0.05) is 39.8 Å². The van der Waals surface area contributed by atoms with Crippen LogP contribution in [-0.4, -0.2) is 31.0 Å². The van der Waals surface area contributed by atoms with E-state index in [9.17, 15) is 4.79 Å². The van der Waals surface area contributed by atoms with E-state index in [1.54, 1.807) is 7.11 Å². The van der Waals surface area contributed by atoms with E-state index in [0.29, 0.717) is 6.04 Å². The smallest absolute Gasteiger partial charge is 0.163 e. The Morgan fingerprint density at radius 2 is 1.95 bits per heavy atom. The van der Waals surface area contributed by atoms with Crippen LogP contribution >= 0.6 is 0 Å². The Morgan fingerprint density at radius 3 is 2.45 bits per heavy atom. The van der Waals surface area contributed by atoms with Gasteiger partial charge in [-0.2, -0.15) is 0 Å². The Morgan fingerprint density at radius 1 is 1.30 bits per heavy atom. The lowest BCUT2D eigenvalue weighted by atomic mass is 9.96. The number of nitrogens with zero attached hydrogens (tertiary/aromatic N) is 1. The molecule has 0 saturated heterocycles. The Hall–Kier alpha value is -1.39. The van der Waals surface area contributed by atoms with Gasteiger partial charge in [-0.25, -0.2) is 10.4 Å². The van der Waals surface area contributed by atoms with Gasteiger partial charge in [0, 0.05) is 19.0 Å². The number of nitrogens with one attached hydrogen (secondary N) is 1. The molecule has 0 amide bonds. The van der Waals surface area contributed by atoms with Gasteiger partial charge in [-0.3, -0.25) is 4.79 Å². The first kappa shape index (κ1) is 16.7. The highest BCUT2D eigenvalue weighted by molar-refractivity contribution is 5.96. The van der Waals surface area contributed by atoms with Crippen LogP contribution in [0.4, 0.5) is 0 Å². The fraction of sp³-hybridized carbons (Fsp3) is 0.500. The molecule has 0 bridgehead atoms. The highest BCUT2D eigenvalue weighted by Crippen LogP contribution is 2.22. The molecule has 0 saturated carbocycles. The van der Waals surface area contributed by atoms with Crippen LogP contribution in [0.1, 0.15) is 33.3 Å². The predicted octanol–water partition coefficient (Wildman–Crippen LogP) is 2.65. The minimum atomic E-state index is -0.0562. The van der Waals surface area contributed by atoms with E-state index in [2.05, 4.69) is 19.3 Å². The van der Waals surface area contributed by atoms with E-state index in [1.807, 2.05) is 43.1 Å².